The van der Waals surface area contributed by atoms with Crippen molar-refractivity contribution in [1.29, 1.82) is 5.26 Å². The molecule has 1 fully saturated rings. The van der Waals surface area contributed by atoms with Gasteiger partial charge in [0.1, 0.15) is 12.3 Å². The molecule has 9 nitrogen and oxygen atoms in total. The lowest BCUT2D eigenvalue weighted by molar-refractivity contribution is -0.149. The predicted molar refractivity (Wildman–Crippen MR) is 132 cm³/mol. The number of nitriles is 1. The van der Waals surface area contributed by atoms with Gasteiger partial charge in [0.25, 0.3) is 11.8 Å². The van der Waals surface area contributed by atoms with Crippen molar-refractivity contribution in [2.45, 2.75) is 51.3 Å². The number of amides is 3. The van der Waals surface area contributed by atoms with Gasteiger partial charge < -0.3 is 20.3 Å². The third kappa shape index (κ3) is 7.94. The van der Waals surface area contributed by atoms with Crippen LogP contribution in [0, 0.1) is 11.3 Å². The monoisotopic (exact) mass is 490 g/mol. The molecule has 9 heteroatoms. The summed E-state index contributed by atoms with van der Waals surface area (Å²) in [5.74, 6) is -1.05. The molecule has 1 atom stereocenters. The fraction of sp³-hybridized carbons (Fsp3) is 0.370. The first-order valence-electron chi connectivity index (χ1n) is 12.0. The number of esters is 1. The molecule has 1 unspecified atom stereocenters. The zero-order valence-electron chi connectivity index (χ0n) is 20.2. The second kappa shape index (κ2) is 13.0. The van der Waals surface area contributed by atoms with Crippen LogP contribution < -0.4 is 10.6 Å². The van der Waals surface area contributed by atoms with Crippen molar-refractivity contribution in [3.63, 3.8) is 0 Å². The minimum absolute atomic E-state index is 0.0113. The highest BCUT2D eigenvalue weighted by molar-refractivity contribution is 5.96. The Morgan fingerprint density at radius 2 is 1.56 bits per heavy atom. The Labute approximate surface area is 210 Å². The molecular formula is C27H30N4O5. The molecule has 2 aromatic rings. The molecule has 1 aliphatic rings. The summed E-state index contributed by atoms with van der Waals surface area (Å²) in [4.78, 5) is 51.0. The third-order valence-corrected chi connectivity index (χ3v) is 5.93. The molecule has 0 spiro atoms. The van der Waals surface area contributed by atoms with Gasteiger partial charge in [0, 0.05) is 50.4 Å². The fourth-order valence-corrected chi connectivity index (χ4v) is 4.02. The summed E-state index contributed by atoms with van der Waals surface area (Å²) in [7, 11) is 0. The highest BCUT2D eigenvalue weighted by Gasteiger charge is 2.25. The van der Waals surface area contributed by atoms with E-state index in [1.807, 2.05) is 12.1 Å². The van der Waals surface area contributed by atoms with Crippen molar-refractivity contribution in [2.75, 3.05) is 13.1 Å². The van der Waals surface area contributed by atoms with Crippen LogP contribution >= 0.6 is 0 Å². The normalized spacial score (nSPS) is 14.3. The summed E-state index contributed by atoms with van der Waals surface area (Å²) >= 11 is 0. The van der Waals surface area contributed by atoms with E-state index in [-0.39, 0.29) is 30.3 Å². The number of benzene rings is 2. The van der Waals surface area contributed by atoms with Crippen molar-refractivity contribution in [3.8, 4) is 6.07 Å². The minimum Gasteiger partial charge on any atom is -0.462 e. The number of hydrogen-bond donors (Lipinski definition) is 2. The van der Waals surface area contributed by atoms with Gasteiger partial charge >= 0.3 is 5.97 Å². The van der Waals surface area contributed by atoms with Crippen LogP contribution in [-0.4, -0.2) is 54.0 Å². The van der Waals surface area contributed by atoms with E-state index in [0.717, 1.165) is 0 Å². The van der Waals surface area contributed by atoms with E-state index in [2.05, 4.69) is 10.6 Å². The second-order valence-corrected chi connectivity index (χ2v) is 8.64. The van der Waals surface area contributed by atoms with Crippen LogP contribution in [0.15, 0.2) is 54.6 Å². The summed E-state index contributed by atoms with van der Waals surface area (Å²) in [5, 5.41) is 14.6. The molecule has 0 radical (unpaired) electrons. The number of likely N-dealkylation sites (tertiary alicyclic amines) is 1. The standard InChI is InChI=1S/C27H30N4O5/c1-19(32)36-23-14-16-31(17-15-23)25(33)9-5-8-24(29-26(34)21-6-3-2-4-7-21)30-27(35)22-12-10-20(18-28)11-13-22/h2-4,6-7,10-13,23-24H,5,8-9,14-17H2,1H3,(H,29,34)(H,30,35). The van der Waals surface area contributed by atoms with E-state index in [0.29, 0.717) is 55.5 Å². The van der Waals surface area contributed by atoms with Gasteiger partial charge in [0.2, 0.25) is 5.91 Å². The maximum Gasteiger partial charge on any atom is 0.302 e. The summed E-state index contributed by atoms with van der Waals surface area (Å²) in [6, 6.07) is 16.9. The van der Waals surface area contributed by atoms with E-state index < -0.39 is 12.1 Å². The number of rotatable bonds is 9. The average Bonchev–Trinajstić information content (AvgIpc) is 2.89. The van der Waals surface area contributed by atoms with Crippen LogP contribution in [0.2, 0.25) is 0 Å². The smallest absolute Gasteiger partial charge is 0.302 e. The third-order valence-electron chi connectivity index (χ3n) is 5.93. The predicted octanol–water partition coefficient (Wildman–Crippen LogP) is 2.77. The molecule has 2 N–H and O–H groups in total. The lowest BCUT2D eigenvalue weighted by Gasteiger charge is -2.31. The summed E-state index contributed by atoms with van der Waals surface area (Å²) in [5.41, 5.74) is 1.26. The maximum absolute atomic E-state index is 12.8. The second-order valence-electron chi connectivity index (χ2n) is 8.64. The van der Waals surface area contributed by atoms with Gasteiger partial charge in [-0.05, 0) is 49.2 Å². The highest BCUT2D eigenvalue weighted by atomic mass is 16.5. The molecule has 2 aromatic carbocycles. The number of carbonyl (C=O) groups is 4. The van der Waals surface area contributed by atoms with Gasteiger partial charge in [-0.15, -0.1) is 0 Å². The summed E-state index contributed by atoms with van der Waals surface area (Å²) in [6.45, 7) is 2.44. The Bertz CT molecular complexity index is 1100. The van der Waals surface area contributed by atoms with E-state index in [1.54, 1.807) is 53.4 Å². The number of hydrogen-bond acceptors (Lipinski definition) is 6. The topological polar surface area (TPSA) is 129 Å². The lowest BCUT2D eigenvalue weighted by atomic mass is 10.1. The molecule has 188 valence electrons. The summed E-state index contributed by atoms with van der Waals surface area (Å²) in [6.07, 6.45) is 1.46. The first-order valence-corrected chi connectivity index (χ1v) is 12.0. The Hall–Kier alpha value is -4.19. The molecule has 36 heavy (non-hydrogen) atoms. The first-order chi connectivity index (χ1) is 17.4. The van der Waals surface area contributed by atoms with Crippen molar-refractivity contribution in [2.24, 2.45) is 0 Å². The zero-order chi connectivity index (χ0) is 25.9. The van der Waals surface area contributed by atoms with Gasteiger partial charge in [0.15, 0.2) is 0 Å². The maximum atomic E-state index is 12.8. The molecular weight excluding hydrogens is 460 g/mol. The number of carbonyl (C=O) groups excluding carboxylic acids is 4. The quantitative estimate of drug-likeness (QED) is 0.411. The van der Waals surface area contributed by atoms with Gasteiger partial charge in [-0.25, -0.2) is 0 Å². The molecule has 3 amide bonds. The van der Waals surface area contributed by atoms with Crippen LogP contribution in [0.3, 0.4) is 0 Å². The molecule has 1 aliphatic heterocycles. The van der Waals surface area contributed by atoms with Crippen molar-refractivity contribution in [3.05, 3.63) is 71.3 Å². The number of nitrogens with zero attached hydrogens (tertiary/aromatic N) is 2. The SMILES string of the molecule is CC(=O)OC1CCN(C(=O)CCCC(NC(=O)c2ccccc2)NC(=O)c2ccc(C#N)cc2)CC1. The molecule has 0 bridgehead atoms. The summed E-state index contributed by atoms with van der Waals surface area (Å²) < 4.78 is 5.22. The van der Waals surface area contributed by atoms with E-state index >= 15 is 0 Å². The Balaban J connectivity index is 1.56. The lowest BCUT2D eigenvalue weighted by Crippen LogP contribution is -2.48. The van der Waals surface area contributed by atoms with Gasteiger partial charge in [-0.3, -0.25) is 19.2 Å². The minimum atomic E-state index is -0.691. The average molecular weight is 491 g/mol. The van der Waals surface area contributed by atoms with Crippen LogP contribution in [-0.2, 0) is 14.3 Å². The Kier molecular flexibility index (Phi) is 9.57. The largest absolute Gasteiger partial charge is 0.462 e. The van der Waals surface area contributed by atoms with Crippen molar-refractivity contribution >= 4 is 23.7 Å². The van der Waals surface area contributed by atoms with Crippen LogP contribution in [0.4, 0.5) is 0 Å². The number of ether oxygens (including phenoxy) is 1. The van der Waals surface area contributed by atoms with E-state index in [1.165, 1.54) is 6.92 Å². The van der Waals surface area contributed by atoms with Gasteiger partial charge in [-0.2, -0.15) is 5.26 Å². The zero-order valence-corrected chi connectivity index (χ0v) is 20.2. The van der Waals surface area contributed by atoms with E-state index in [4.69, 9.17) is 10.00 Å². The molecule has 3 rings (SSSR count). The van der Waals surface area contributed by atoms with Crippen LogP contribution in [0.5, 0.6) is 0 Å². The molecule has 0 aromatic heterocycles. The molecule has 1 saturated heterocycles. The fourth-order valence-electron chi connectivity index (χ4n) is 4.02. The van der Waals surface area contributed by atoms with Crippen molar-refractivity contribution in [1.82, 2.24) is 15.5 Å². The van der Waals surface area contributed by atoms with Crippen LogP contribution in [0.1, 0.15) is 65.3 Å². The van der Waals surface area contributed by atoms with Crippen LogP contribution in [0.25, 0.3) is 0 Å². The molecule has 0 aliphatic carbocycles. The van der Waals surface area contributed by atoms with Gasteiger partial charge in [-0.1, -0.05) is 18.2 Å². The molecule has 0 saturated carbocycles. The highest BCUT2D eigenvalue weighted by Crippen LogP contribution is 2.16. The first kappa shape index (κ1) is 26.4. The number of piperidine rings is 1. The number of nitrogens with one attached hydrogen (secondary N) is 2. The van der Waals surface area contributed by atoms with Crippen molar-refractivity contribution < 1.29 is 23.9 Å². The molecule has 1 heterocycles. The Morgan fingerprint density at radius 3 is 2.11 bits per heavy atom. The van der Waals surface area contributed by atoms with E-state index in [9.17, 15) is 19.2 Å². The van der Waals surface area contributed by atoms with Gasteiger partial charge in [0.05, 0.1) is 11.6 Å². The Morgan fingerprint density at radius 1 is 0.972 bits per heavy atom.